The number of aryl methyl sites for hydroxylation is 2. The summed E-state index contributed by atoms with van der Waals surface area (Å²) in [5.41, 5.74) is 2.60. The molecule has 0 saturated heterocycles. The molecule has 0 aliphatic heterocycles. The molecular formula is C14H15NO. The average molecular weight is 213 g/mol. The predicted molar refractivity (Wildman–Crippen MR) is 64.6 cm³/mol. The fourth-order valence-corrected chi connectivity index (χ4v) is 1.61. The third-order valence-corrected chi connectivity index (χ3v) is 2.55. The Labute approximate surface area is 95.9 Å². The third kappa shape index (κ3) is 2.83. The van der Waals surface area contributed by atoms with E-state index in [0.717, 1.165) is 12.8 Å². The van der Waals surface area contributed by atoms with Crippen LogP contribution in [0, 0.1) is 0 Å². The molecular weight excluding hydrogens is 198 g/mol. The molecule has 0 atom stereocenters. The van der Waals surface area contributed by atoms with Crippen molar-refractivity contribution in [2.75, 3.05) is 7.11 Å². The number of hydrogen-bond donors (Lipinski definition) is 0. The summed E-state index contributed by atoms with van der Waals surface area (Å²) in [4.78, 5) is 4.19. The molecule has 1 aromatic heterocycles. The van der Waals surface area contributed by atoms with Gasteiger partial charge in [0.1, 0.15) is 0 Å². The van der Waals surface area contributed by atoms with Gasteiger partial charge in [0.05, 0.1) is 7.11 Å². The number of methoxy groups -OCH3 is 1. The number of nitrogens with zero attached hydrogens (tertiary/aromatic N) is 1. The van der Waals surface area contributed by atoms with Crippen molar-refractivity contribution < 1.29 is 4.74 Å². The van der Waals surface area contributed by atoms with Crippen LogP contribution in [0.25, 0.3) is 0 Å². The van der Waals surface area contributed by atoms with Gasteiger partial charge in [-0.05, 0) is 24.0 Å². The first kappa shape index (κ1) is 10.7. The molecule has 0 saturated carbocycles. The van der Waals surface area contributed by atoms with Crippen LogP contribution in [0.3, 0.4) is 0 Å². The van der Waals surface area contributed by atoms with Crippen molar-refractivity contribution in [3.8, 4) is 5.88 Å². The lowest BCUT2D eigenvalue weighted by Crippen LogP contribution is -1.93. The van der Waals surface area contributed by atoms with Crippen LogP contribution >= 0.6 is 0 Å². The smallest absolute Gasteiger partial charge is 0.212 e. The summed E-state index contributed by atoms with van der Waals surface area (Å²) in [6.07, 6.45) is 3.94. The molecule has 2 nitrogen and oxygen atoms in total. The Kier molecular flexibility index (Phi) is 3.54. The molecule has 0 N–H and O–H groups in total. The van der Waals surface area contributed by atoms with Gasteiger partial charge in [-0.25, -0.2) is 4.98 Å². The van der Waals surface area contributed by atoms with Crippen LogP contribution in [0.5, 0.6) is 5.88 Å². The molecule has 1 aromatic carbocycles. The van der Waals surface area contributed by atoms with Crippen molar-refractivity contribution in [1.82, 2.24) is 4.98 Å². The molecule has 0 fully saturated rings. The van der Waals surface area contributed by atoms with Crippen molar-refractivity contribution in [3.05, 3.63) is 59.8 Å². The Bertz CT molecular complexity index is 422. The largest absolute Gasteiger partial charge is 0.481 e. The molecule has 0 radical (unpaired) electrons. The van der Waals surface area contributed by atoms with Crippen molar-refractivity contribution in [2.24, 2.45) is 0 Å². The van der Waals surface area contributed by atoms with E-state index in [2.05, 4.69) is 35.3 Å². The van der Waals surface area contributed by atoms with E-state index in [1.807, 2.05) is 18.3 Å². The number of hydrogen-bond acceptors (Lipinski definition) is 2. The van der Waals surface area contributed by atoms with Gasteiger partial charge in [0, 0.05) is 12.3 Å². The molecule has 0 aliphatic carbocycles. The SMILES string of the molecule is COc1ccc(CCc2ccccc2)cn1. The van der Waals surface area contributed by atoms with E-state index >= 15 is 0 Å². The highest BCUT2D eigenvalue weighted by Gasteiger charge is 1.97. The van der Waals surface area contributed by atoms with Gasteiger partial charge >= 0.3 is 0 Å². The number of rotatable bonds is 4. The zero-order valence-corrected chi connectivity index (χ0v) is 9.39. The second kappa shape index (κ2) is 5.31. The average Bonchev–Trinajstić information content (AvgIpc) is 2.38. The van der Waals surface area contributed by atoms with E-state index in [1.54, 1.807) is 7.11 Å². The van der Waals surface area contributed by atoms with Crippen LogP contribution < -0.4 is 4.74 Å². The second-order valence-corrected chi connectivity index (χ2v) is 3.69. The highest BCUT2D eigenvalue weighted by atomic mass is 16.5. The number of aromatic nitrogens is 1. The van der Waals surface area contributed by atoms with E-state index in [-0.39, 0.29) is 0 Å². The van der Waals surface area contributed by atoms with E-state index in [0.29, 0.717) is 5.88 Å². The fourth-order valence-electron chi connectivity index (χ4n) is 1.61. The summed E-state index contributed by atoms with van der Waals surface area (Å²) < 4.78 is 5.02. The molecule has 2 aromatic rings. The number of pyridine rings is 1. The maximum absolute atomic E-state index is 5.02. The zero-order valence-electron chi connectivity index (χ0n) is 9.39. The Hall–Kier alpha value is -1.83. The van der Waals surface area contributed by atoms with Gasteiger partial charge in [-0.1, -0.05) is 36.4 Å². The molecule has 1 heterocycles. The summed E-state index contributed by atoms with van der Waals surface area (Å²) in [5, 5.41) is 0. The topological polar surface area (TPSA) is 22.1 Å². The highest BCUT2D eigenvalue weighted by molar-refractivity contribution is 5.21. The number of benzene rings is 1. The summed E-state index contributed by atoms with van der Waals surface area (Å²) in [6.45, 7) is 0. The van der Waals surface area contributed by atoms with E-state index in [1.165, 1.54) is 11.1 Å². The molecule has 82 valence electrons. The zero-order chi connectivity index (χ0) is 11.2. The first-order valence-electron chi connectivity index (χ1n) is 5.41. The van der Waals surface area contributed by atoms with Gasteiger partial charge in [-0.15, -0.1) is 0 Å². The first-order valence-corrected chi connectivity index (χ1v) is 5.41. The van der Waals surface area contributed by atoms with E-state index in [4.69, 9.17) is 4.74 Å². The lowest BCUT2D eigenvalue weighted by molar-refractivity contribution is 0.397. The summed E-state index contributed by atoms with van der Waals surface area (Å²) >= 11 is 0. The highest BCUT2D eigenvalue weighted by Crippen LogP contribution is 2.09. The quantitative estimate of drug-likeness (QED) is 0.779. The van der Waals surface area contributed by atoms with Crippen LogP contribution in [-0.4, -0.2) is 12.1 Å². The lowest BCUT2D eigenvalue weighted by atomic mass is 10.1. The third-order valence-electron chi connectivity index (χ3n) is 2.55. The van der Waals surface area contributed by atoms with E-state index in [9.17, 15) is 0 Å². The van der Waals surface area contributed by atoms with Crippen LogP contribution in [0.15, 0.2) is 48.7 Å². The van der Waals surface area contributed by atoms with Crippen LogP contribution in [0.1, 0.15) is 11.1 Å². The lowest BCUT2D eigenvalue weighted by Gasteiger charge is -2.03. The Morgan fingerprint density at radius 3 is 2.31 bits per heavy atom. The monoisotopic (exact) mass is 213 g/mol. The maximum Gasteiger partial charge on any atom is 0.212 e. The minimum Gasteiger partial charge on any atom is -0.481 e. The molecule has 16 heavy (non-hydrogen) atoms. The number of ether oxygens (including phenoxy) is 1. The van der Waals surface area contributed by atoms with Crippen LogP contribution in [0.2, 0.25) is 0 Å². The Balaban J connectivity index is 1.94. The van der Waals surface area contributed by atoms with Crippen LogP contribution in [-0.2, 0) is 12.8 Å². The standard InChI is InChI=1S/C14H15NO/c1-16-14-10-9-13(11-15-14)8-7-12-5-3-2-4-6-12/h2-6,9-11H,7-8H2,1H3. The van der Waals surface area contributed by atoms with Crippen LogP contribution in [0.4, 0.5) is 0 Å². The minimum absolute atomic E-state index is 0.670. The molecule has 0 unspecified atom stereocenters. The molecule has 0 amide bonds. The van der Waals surface area contributed by atoms with Gasteiger partial charge in [0.25, 0.3) is 0 Å². The van der Waals surface area contributed by atoms with Crippen molar-refractivity contribution in [3.63, 3.8) is 0 Å². The van der Waals surface area contributed by atoms with Gasteiger partial charge in [-0.3, -0.25) is 0 Å². The van der Waals surface area contributed by atoms with Gasteiger partial charge < -0.3 is 4.74 Å². The van der Waals surface area contributed by atoms with Gasteiger partial charge in [-0.2, -0.15) is 0 Å². The normalized spacial score (nSPS) is 10.1. The maximum atomic E-state index is 5.02. The summed E-state index contributed by atoms with van der Waals surface area (Å²) in [7, 11) is 1.63. The molecule has 2 heteroatoms. The van der Waals surface area contributed by atoms with Crippen molar-refractivity contribution in [2.45, 2.75) is 12.8 Å². The molecule has 2 rings (SSSR count). The Morgan fingerprint density at radius 1 is 0.938 bits per heavy atom. The van der Waals surface area contributed by atoms with E-state index < -0.39 is 0 Å². The summed E-state index contributed by atoms with van der Waals surface area (Å²) in [6, 6.07) is 14.4. The summed E-state index contributed by atoms with van der Waals surface area (Å²) in [5.74, 6) is 0.670. The second-order valence-electron chi connectivity index (χ2n) is 3.69. The van der Waals surface area contributed by atoms with Gasteiger partial charge in [0.2, 0.25) is 5.88 Å². The van der Waals surface area contributed by atoms with Crippen molar-refractivity contribution in [1.29, 1.82) is 0 Å². The van der Waals surface area contributed by atoms with Crippen molar-refractivity contribution >= 4 is 0 Å². The molecule has 0 spiro atoms. The predicted octanol–water partition coefficient (Wildman–Crippen LogP) is 2.88. The van der Waals surface area contributed by atoms with Gasteiger partial charge in [0.15, 0.2) is 0 Å². The molecule has 0 aliphatic rings. The molecule has 0 bridgehead atoms. The Morgan fingerprint density at radius 2 is 1.69 bits per heavy atom. The first-order chi connectivity index (χ1) is 7.88. The fraction of sp³-hybridized carbons (Fsp3) is 0.214. The minimum atomic E-state index is 0.670.